The molecule has 1 saturated heterocycles. The molecule has 12 heteroatoms. The number of ether oxygens (including phenoxy) is 1. The number of alkyl carbamates (subject to hydrolysis) is 1. The summed E-state index contributed by atoms with van der Waals surface area (Å²) in [4.78, 5) is 35.5. The lowest BCUT2D eigenvalue weighted by Crippen LogP contribution is -2.58. The standard InChI is InChI=1S/C22H27BF3N5O3/c1-13(2)18(29-21(33)34-3)20(32)31-9-8-30(12-22(24,25)26)11-17(31)19-27-10-16(28-19)14-4-6-15(23)7-5-14/h4-7,10,13,17-18H,8-9,11-12H2,1-3H3,(H,27,28)(H,29,33)/t17-,18-/m0/s1. The number of aromatic nitrogens is 2. The van der Waals surface area contributed by atoms with Gasteiger partial charge in [-0.3, -0.25) is 9.69 Å². The van der Waals surface area contributed by atoms with Crippen LogP contribution in [0.3, 0.4) is 0 Å². The second-order valence-electron chi connectivity index (χ2n) is 8.56. The van der Waals surface area contributed by atoms with E-state index in [1.54, 1.807) is 44.3 Å². The third-order valence-corrected chi connectivity index (χ3v) is 5.67. The van der Waals surface area contributed by atoms with Crippen molar-refractivity contribution in [2.75, 3.05) is 33.3 Å². The van der Waals surface area contributed by atoms with Gasteiger partial charge in [-0.15, -0.1) is 0 Å². The second kappa shape index (κ2) is 10.5. The molecule has 2 N–H and O–H groups in total. The number of rotatable bonds is 6. The van der Waals surface area contributed by atoms with Crippen LogP contribution in [0, 0.1) is 5.92 Å². The van der Waals surface area contributed by atoms with Crippen LogP contribution in [0.5, 0.6) is 0 Å². The number of nitrogens with zero attached hydrogens (tertiary/aromatic N) is 3. The summed E-state index contributed by atoms with van der Waals surface area (Å²) in [5.74, 6) is -0.336. The zero-order valence-electron chi connectivity index (χ0n) is 19.2. The minimum Gasteiger partial charge on any atom is -0.453 e. The minimum absolute atomic E-state index is 0.0380. The predicted octanol–water partition coefficient (Wildman–Crippen LogP) is 2.00. The number of hydrogen-bond donors (Lipinski definition) is 2. The van der Waals surface area contributed by atoms with E-state index in [-0.39, 0.29) is 25.6 Å². The Balaban J connectivity index is 1.91. The van der Waals surface area contributed by atoms with Crippen molar-refractivity contribution in [3.63, 3.8) is 0 Å². The first-order valence-corrected chi connectivity index (χ1v) is 10.8. The number of H-pyrrole nitrogens is 1. The number of amides is 2. The van der Waals surface area contributed by atoms with Crippen molar-refractivity contribution >= 4 is 25.3 Å². The molecule has 2 heterocycles. The monoisotopic (exact) mass is 477 g/mol. The molecule has 2 amide bonds. The molecule has 0 aliphatic carbocycles. The first kappa shape index (κ1) is 25.6. The predicted molar refractivity (Wildman–Crippen MR) is 121 cm³/mol. The van der Waals surface area contributed by atoms with E-state index >= 15 is 0 Å². The molecule has 1 aromatic heterocycles. The average molecular weight is 477 g/mol. The van der Waals surface area contributed by atoms with E-state index in [1.165, 1.54) is 16.9 Å². The van der Waals surface area contributed by atoms with Crippen molar-refractivity contribution in [3.05, 3.63) is 36.3 Å². The third kappa shape index (κ3) is 6.31. The van der Waals surface area contributed by atoms with Crippen LogP contribution in [0.4, 0.5) is 18.0 Å². The number of hydrogen-bond acceptors (Lipinski definition) is 5. The quantitative estimate of drug-likeness (QED) is 0.622. The van der Waals surface area contributed by atoms with E-state index in [1.807, 2.05) is 0 Å². The van der Waals surface area contributed by atoms with Gasteiger partial charge in [0.05, 0.1) is 25.5 Å². The Bertz CT molecular complexity index is 996. The van der Waals surface area contributed by atoms with Gasteiger partial charge in [0.2, 0.25) is 5.91 Å². The third-order valence-electron chi connectivity index (χ3n) is 5.67. The normalized spacial score (nSPS) is 18.1. The van der Waals surface area contributed by atoms with E-state index in [4.69, 9.17) is 7.85 Å². The Morgan fingerprint density at radius 2 is 1.94 bits per heavy atom. The van der Waals surface area contributed by atoms with Crippen LogP contribution in [0.25, 0.3) is 11.3 Å². The zero-order chi connectivity index (χ0) is 25.0. The summed E-state index contributed by atoms with van der Waals surface area (Å²) in [6.07, 6.45) is -3.57. The number of carbonyl (C=O) groups is 2. The van der Waals surface area contributed by atoms with E-state index in [0.29, 0.717) is 17.0 Å². The van der Waals surface area contributed by atoms with E-state index in [9.17, 15) is 22.8 Å². The lowest BCUT2D eigenvalue weighted by molar-refractivity contribution is -0.157. The Labute approximate surface area is 197 Å². The molecule has 0 bridgehead atoms. The molecule has 0 spiro atoms. The molecule has 8 nitrogen and oxygen atoms in total. The van der Waals surface area contributed by atoms with Crippen LogP contribution >= 0.6 is 0 Å². The van der Waals surface area contributed by atoms with Crippen molar-refractivity contribution < 1.29 is 27.5 Å². The van der Waals surface area contributed by atoms with Crippen molar-refractivity contribution in [2.24, 2.45) is 5.92 Å². The van der Waals surface area contributed by atoms with Gasteiger partial charge in [0, 0.05) is 19.6 Å². The second-order valence-corrected chi connectivity index (χ2v) is 8.56. The largest absolute Gasteiger partial charge is 0.453 e. The fourth-order valence-corrected chi connectivity index (χ4v) is 3.93. The van der Waals surface area contributed by atoms with Crippen LogP contribution in [-0.2, 0) is 9.53 Å². The molecule has 0 saturated carbocycles. The molecule has 2 atom stereocenters. The van der Waals surface area contributed by atoms with Crippen molar-refractivity contribution in [1.82, 2.24) is 25.1 Å². The summed E-state index contributed by atoms with van der Waals surface area (Å²) >= 11 is 0. The van der Waals surface area contributed by atoms with Gasteiger partial charge in [-0.1, -0.05) is 43.6 Å². The number of methoxy groups -OCH3 is 1. The lowest BCUT2D eigenvalue weighted by atomic mass is 9.95. The Morgan fingerprint density at radius 1 is 1.26 bits per heavy atom. The Morgan fingerprint density at radius 3 is 2.53 bits per heavy atom. The minimum atomic E-state index is -4.37. The molecule has 2 radical (unpaired) electrons. The van der Waals surface area contributed by atoms with Crippen LogP contribution < -0.4 is 10.8 Å². The van der Waals surface area contributed by atoms with Gasteiger partial charge in [-0.2, -0.15) is 13.2 Å². The molecule has 1 aromatic carbocycles. The van der Waals surface area contributed by atoms with Gasteiger partial charge in [0.25, 0.3) is 0 Å². The van der Waals surface area contributed by atoms with Crippen LogP contribution in [0.15, 0.2) is 30.5 Å². The van der Waals surface area contributed by atoms with Crippen molar-refractivity contribution in [1.29, 1.82) is 0 Å². The lowest BCUT2D eigenvalue weighted by Gasteiger charge is -2.42. The average Bonchev–Trinajstić information content (AvgIpc) is 3.26. The maximum Gasteiger partial charge on any atom is 0.407 e. The smallest absolute Gasteiger partial charge is 0.407 e. The molecule has 1 fully saturated rings. The molecular formula is C22H27BF3N5O3. The topological polar surface area (TPSA) is 90.6 Å². The molecule has 1 aliphatic heterocycles. The summed E-state index contributed by atoms with van der Waals surface area (Å²) in [6, 6.07) is 5.36. The SMILES string of the molecule is [B]c1ccc(-c2cnc([C@@H]3CN(CC(F)(F)F)CCN3C(=O)[C@@H](NC(=O)OC)C(C)C)[nH]2)cc1. The maximum atomic E-state index is 13.4. The molecule has 3 rings (SSSR count). The number of piperazine rings is 1. The van der Waals surface area contributed by atoms with Gasteiger partial charge < -0.3 is 19.9 Å². The zero-order valence-corrected chi connectivity index (χ0v) is 19.2. The van der Waals surface area contributed by atoms with Gasteiger partial charge in [-0.25, -0.2) is 9.78 Å². The number of alkyl halides is 3. The fourth-order valence-electron chi connectivity index (χ4n) is 3.93. The van der Waals surface area contributed by atoms with Gasteiger partial charge in [-0.05, 0) is 11.5 Å². The Hall–Kier alpha value is -3.02. The molecule has 0 unspecified atom stereocenters. The molecule has 1 aliphatic rings. The van der Waals surface area contributed by atoms with E-state index < -0.39 is 36.8 Å². The summed E-state index contributed by atoms with van der Waals surface area (Å²) in [5, 5.41) is 2.53. The number of halogens is 3. The first-order chi connectivity index (χ1) is 16.0. The molecule has 182 valence electrons. The number of nitrogens with one attached hydrogen (secondary N) is 2. The molecular weight excluding hydrogens is 450 g/mol. The highest BCUT2D eigenvalue weighted by Crippen LogP contribution is 2.29. The number of imidazole rings is 1. The number of aromatic amines is 1. The van der Waals surface area contributed by atoms with Crippen LogP contribution in [-0.4, -0.2) is 85.1 Å². The van der Waals surface area contributed by atoms with Gasteiger partial charge >= 0.3 is 12.3 Å². The fraction of sp³-hybridized carbons (Fsp3) is 0.500. The summed E-state index contributed by atoms with van der Waals surface area (Å²) in [5.41, 5.74) is 2.03. The number of benzene rings is 1. The van der Waals surface area contributed by atoms with Gasteiger partial charge in [0.1, 0.15) is 25.8 Å². The first-order valence-electron chi connectivity index (χ1n) is 10.8. The van der Waals surface area contributed by atoms with Crippen LogP contribution in [0.1, 0.15) is 25.7 Å². The molecule has 2 aromatic rings. The number of carbonyl (C=O) groups excluding carboxylic acids is 2. The summed E-state index contributed by atoms with van der Waals surface area (Å²) in [7, 11) is 6.93. The maximum absolute atomic E-state index is 13.4. The van der Waals surface area contributed by atoms with E-state index in [0.717, 1.165) is 5.56 Å². The molecule has 34 heavy (non-hydrogen) atoms. The highest BCUT2D eigenvalue weighted by molar-refractivity contribution is 6.32. The van der Waals surface area contributed by atoms with Crippen molar-refractivity contribution in [2.45, 2.75) is 32.1 Å². The van der Waals surface area contributed by atoms with Crippen molar-refractivity contribution in [3.8, 4) is 11.3 Å². The van der Waals surface area contributed by atoms with Gasteiger partial charge in [0.15, 0.2) is 0 Å². The Kier molecular flexibility index (Phi) is 7.91. The highest BCUT2D eigenvalue weighted by Gasteiger charge is 2.41. The summed E-state index contributed by atoms with van der Waals surface area (Å²) in [6.45, 7) is 2.45. The van der Waals surface area contributed by atoms with E-state index in [2.05, 4.69) is 20.0 Å². The van der Waals surface area contributed by atoms with Crippen LogP contribution in [0.2, 0.25) is 0 Å². The highest BCUT2D eigenvalue weighted by atomic mass is 19.4. The summed E-state index contributed by atoms with van der Waals surface area (Å²) < 4.78 is 43.9.